The third-order valence-electron chi connectivity index (χ3n) is 4.42. The molecule has 0 heterocycles. The van der Waals surface area contributed by atoms with Crippen LogP contribution in [-0.2, 0) is 18.2 Å². The van der Waals surface area contributed by atoms with Gasteiger partial charge in [0, 0.05) is 23.4 Å². The van der Waals surface area contributed by atoms with E-state index in [2.05, 4.69) is 13.8 Å². The van der Waals surface area contributed by atoms with E-state index in [1.807, 2.05) is 67.6 Å². The molecule has 6 heteroatoms. The van der Waals surface area contributed by atoms with E-state index in [9.17, 15) is 9.13 Å². The van der Waals surface area contributed by atoms with Gasteiger partial charge >= 0.3 is 0 Å². The van der Waals surface area contributed by atoms with Crippen molar-refractivity contribution < 1.29 is 18.2 Å². The third-order valence-corrected chi connectivity index (χ3v) is 8.85. The van der Waals surface area contributed by atoms with Gasteiger partial charge in [0.25, 0.3) is 0 Å². The Morgan fingerprint density at radius 3 is 1.59 bits per heavy atom. The van der Waals surface area contributed by atoms with Crippen molar-refractivity contribution in [1.82, 2.24) is 0 Å². The van der Waals surface area contributed by atoms with E-state index in [1.165, 1.54) is 0 Å². The Bertz CT molecular complexity index is 763. The van der Waals surface area contributed by atoms with Crippen LogP contribution in [0.15, 0.2) is 60.7 Å². The highest BCUT2D eigenvalue weighted by atomic mass is 31.2. The van der Waals surface area contributed by atoms with Crippen LogP contribution in [-0.4, -0.2) is 26.0 Å². The summed E-state index contributed by atoms with van der Waals surface area (Å²) >= 11 is 0. The molecule has 2 atom stereocenters. The van der Waals surface area contributed by atoms with Crippen molar-refractivity contribution in [3.8, 4) is 0 Å². The summed E-state index contributed by atoms with van der Waals surface area (Å²) in [5.41, 5.74) is 0. The molecule has 2 unspecified atom stereocenters. The molecular weight excluding hydrogens is 402 g/mol. The minimum Gasteiger partial charge on any atom is -0.325 e. The highest BCUT2D eigenvalue weighted by molar-refractivity contribution is 7.67. The van der Waals surface area contributed by atoms with Crippen LogP contribution in [0.1, 0.15) is 46.5 Å². The first-order valence-corrected chi connectivity index (χ1v) is 14.3. The summed E-state index contributed by atoms with van der Waals surface area (Å²) in [6, 6.07) is 18.9. The zero-order valence-corrected chi connectivity index (χ0v) is 20.0. The molecule has 0 saturated carbocycles. The van der Waals surface area contributed by atoms with Gasteiger partial charge in [0.15, 0.2) is 0 Å². The standard InChI is InChI=1S/C12H19O2P.C11H17O2P/c1-3-5-11-14-15(13,4-2)12-9-7-6-8-10-12;1-3-4-10-13-14(2,12)11-8-6-5-7-9-11/h6-10H,3-5,11H2,1-2H3;5-9H,3-4,10H2,1-2H3. The molecule has 2 aromatic rings. The van der Waals surface area contributed by atoms with Crippen molar-refractivity contribution in [1.29, 1.82) is 0 Å². The molecule has 0 aliphatic heterocycles. The van der Waals surface area contributed by atoms with E-state index >= 15 is 0 Å². The highest BCUT2D eigenvalue weighted by Crippen LogP contribution is 2.45. The first kappa shape index (κ1) is 25.9. The summed E-state index contributed by atoms with van der Waals surface area (Å²) in [5, 5.41) is 1.64. The van der Waals surface area contributed by atoms with E-state index in [1.54, 1.807) is 6.66 Å². The van der Waals surface area contributed by atoms with Gasteiger partial charge in [0.05, 0.1) is 13.2 Å². The fourth-order valence-electron chi connectivity index (χ4n) is 2.52. The van der Waals surface area contributed by atoms with Crippen LogP contribution in [0.25, 0.3) is 0 Å². The number of rotatable bonds is 11. The van der Waals surface area contributed by atoms with Crippen LogP contribution in [0, 0.1) is 0 Å². The lowest BCUT2D eigenvalue weighted by molar-refractivity contribution is 0.313. The lowest BCUT2D eigenvalue weighted by Crippen LogP contribution is -2.09. The fourth-order valence-corrected chi connectivity index (χ4v) is 5.60. The van der Waals surface area contributed by atoms with Crippen molar-refractivity contribution in [3.05, 3.63) is 60.7 Å². The predicted octanol–water partition coefficient (Wildman–Crippen LogP) is 6.46. The Labute approximate surface area is 176 Å². The van der Waals surface area contributed by atoms with Gasteiger partial charge in [-0.2, -0.15) is 0 Å². The van der Waals surface area contributed by atoms with Crippen molar-refractivity contribution in [2.75, 3.05) is 26.0 Å². The van der Waals surface area contributed by atoms with Gasteiger partial charge in [-0.1, -0.05) is 70.0 Å². The molecule has 162 valence electrons. The van der Waals surface area contributed by atoms with E-state index in [0.29, 0.717) is 19.4 Å². The van der Waals surface area contributed by atoms with Crippen molar-refractivity contribution in [2.45, 2.75) is 46.5 Å². The number of hydrogen-bond acceptors (Lipinski definition) is 4. The summed E-state index contributed by atoms with van der Waals surface area (Å²) in [5.74, 6) is 0. The van der Waals surface area contributed by atoms with Crippen LogP contribution >= 0.6 is 14.7 Å². The fraction of sp³-hybridized carbons (Fsp3) is 0.478. The van der Waals surface area contributed by atoms with Crippen molar-refractivity contribution in [3.63, 3.8) is 0 Å². The van der Waals surface area contributed by atoms with Crippen LogP contribution in [0.4, 0.5) is 0 Å². The molecule has 0 aromatic heterocycles. The van der Waals surface area contributed by atoms with Gasteiger partial charge in [0.1, 0.15) is 0 Å². The zero-order valence-electron chi connectivity index (χ0n) is 18.3. The average Bonchev–Trinajstić information content (AvgIpc) is 2.75. The molecule has 4 nitrogen and oxygen atoms in total. The highest BCUT2D eigenvalue weighted by Gasteiger charge is 2.22. The maximum Gasteiger partial charge on any atom is 0.231 e. The van der Waals surface area contributed by atoms with Gasteiger partial charge in [0.2, 0.25) is 14.7 Å². The van der Waals surface area contributed by atoms with Gasteiger partial charge in [-0.15, -0.1) is 0 Å². The Balaban J connectivity index is 0.000000291. The van der Waals surface area contributed by atoms with Gasteiger partial charge in [-0.05, 0) is 37.1 Å². The Kier molecular flexibility index (Phi) is 12.4. The minimum absolute atomic E-state index is 0.570. The van der Waals surface area contributed by atoms with E-state index in [-0.39, 0.29) is 0 Å². The smallest absolute Gasteiger partial charge is 0.231 e. The molecule has 0 saturated heterocycles. The molecule has 2 aromatic carbocycles. The van der Waals surface area contributed by atoms with E-state index in [0.717, 1.165) is 36.3 Å². The summed E-state index contributed by atoms with van der Waals surface area (Å²) in [6.45, 7) is 8.96. The number of hydrogen-bond donors (Lipinski definition) is 0. The molecule has 0 radical (unpaired) electrons. The summed E-state index contributed by atoms with van der Waals surface area (Å²) in [6.07, 6.45) is 4.63. The normalized spacial score (nSPS) is 14.9. The minimum atomic E-state index is -2.58. The molecule has 0 spiro atoms. The summed E-state index contributed by atoms with van der Waals surface area (Å²) in [7, 11) is -5.16. The maximum absolute atomic E-state index is 12.4. The maximum atomic E-state index is 12.4. The molecule has 0 bridgehead atoms. The predicted molar refractivity (Wildman–Crippen MR) is 126 cm³/mol. The van der Waals surface area contributed by atoms with Crippen LogP contribution in [0.5, 0.6) is 0 Å². The SMILES string of the molecule is CCCCOP(=O)(CC)c1ccccc1.CCCCOP(C)(=O)c1ccccc1. The van der Waals surface area contributed by atoms with E-state index < -0.39 is 14.7 Å². The molecule has 0 aliphatic rings. The second-order valence-electron chi connectivity index (χ2n) is 6.88. The van der Waals surface area contributed by atoms with Crippen molar-refractivity contribution in [2.24, 2.45) is 0 Å². The Morgan fingerprint density at radius 2 is 1.14 bits per heavy atom. The van der Waals surface area contributed by atoms with Crippen molar-refractivity contribution >= 4 is 25.3 Å². The lowest BCUT2D eigenvalue weighted by atomic mass is 10.4. The first-order chi connectivity index (χ1) is 13.9. The Morgan fingerprint density at radius 1 is 0.690 bits per heavy atom. The van der Waals surface area contributed by atoms with Crippen LogP contribution in [0.2, 0.25) is 0 Å². The summed E-state index contributed by atoms with van der Waals surface area (Å²) < 4.78 is 35.5. The van der Waals surface area contributed by atoms with Gasteiger partial charge < -0.3 is 9.05 Å². The second-order valence-corrected chi connectivity index (χ2v) is 12.1. The second kappa shape index (κ2) is 13.9. The lowest BCUT2D eigenvalue weighted by Gasteiger charge is -2.16. The largest absolute Gasteiger partial charge is 0.325 e. The molecule has 0 amide bonds. The van der Waals surface area contributed by atoms with Crippen LogP contribution < -0.4 is 10.6 Å². The molecule has 0 N–H and O–H groups in total. The quantitative estimate of drug-likeness (QED) is 0.298. The molecule has 2 rings (SSSR count). The third kappa shape index (κ3) is 9.45. The summed E-state index contributed by atoms with van der Waals surface area (Å²) in [4.78, 5) is 0. The first-order valence-electron chi connectivity index (χ1n) is 10.5. The number of benzene rings is 2. The van der Waals surface area contributed by atoms with Crippen LogP contribution in [0.3, 0.4) is 0 Å². The topological polar surface area (TPSA) is 52.6 Å². The molecule has 29 heavy (non-hydrogen) atoms. The molecule has 0 aliphatic carbocycles. The van der Waals surface area contributed by atoms with Gasteiger partial charge in [-0.25, -0.2) is 0 Å². The number of unbranched alkanes of at least 4 members (excludes halogenated alkanes) is 2. The Hall–Kier alpha value is -1.18. The average molecular weight is 438 g/mol. The molecular formula is C23H36O4P2. The van der Waals surface area contributed by atoms with Gasteiger partial charge in [-0.3, -0.25) is 9.13 Å². The van der Waals surface area contributed by atoms with E-state index in [4.69, 9.17) is 9.05 Å². The monoisotopic (exact) mass is 438 g/mol. The zero-order chi connectivity index (χ0) is 21.6. The molecule has 0 fully saturated rings.